The molecule has 1 amide bonds. The summed E-state index contributed by atoms with van der Waals surface area (Å²) in [6, 6.07) is 14.8. The number of benzene rings is 2. The van der Waals surface area contributed by atoms with Crippen LogP contribution in [0.15, 0.2) is 48.5 Å². The zero-order chi connectivity index (χ0) is 20.0. The lowest BCUT2D eigenvalue weighted by Gasteiger charge is -2.28. The molecule has 148 valence electrons. The van der Waals surface area contributed by atoms with E-state index in [0.29, 0.717) is 12.3 Å². The molecule has 6 heteroatoms. The first-order valence-corrected chi connectivity index (χ1v) is 9.40. The molecule has 1 aliphatic carbocycles. The van der Waals surface area contributed by atoms with Crippen LogP contribution in [0.2, 0.25) is 0 Å². The van der Waals surface area contributed by atoms with Crippen molar-refractivity contribution in [2.45, 2.75) is 37.6 Å². The van der Waals surface area contributed by atoms with Crippen molar-refractivity contribution in [3.05, 3.63) is 59.7 Å². The fourth-order valence-electron chi connectivity index (χ4n) is 3.79. The lowest BCUT2D eigenvalue weighted by atomic mass is 9.78. The Labute approximate surface area is 164 Å². The van der Waals surface area contributed by atoms with Gasteiger partial charge in [-0.15, -0.1) is 0 Å². The van der Waals surface area contributed by atoms with Crippen molar-refractivity contribution in [1.82, 2.24) is 5.32 Å². The molecule has 3 rings (SSSR count). The Kier molecular flexibility index (Phi) is 6.19. The highest BCUT2D eigenvalue weighted by Crippen LogP contribution is 2.42. The number of methoxy groups -OCH3 is 1. The molecule has 0 aliphatic heterocycles. The van der Waals surface area contributed by atoms with E-state index < -0.39 is 18.0 Å². The van der Waals surface area contributed by atoms with Crippen LogP contribution in [-0.4, -0.2) is 30.7 Å². The summed E-state index contributed by atoms with van der Waals surface area (Å²) in [7, 11) is 1.62. The first-order valence-electron chi connectivity index (χ1n) is 9.40. The van der Waals surface area contributed by atoms with Crippen molar-refractivity contribution in [3.8, 4) is 11.5 Å². The lowest BCUT2D eigenvalue weighted by Crippen LogP contribution is -2.42. The molecule has 0 spiro atoms. The average molecular weight is 383 g/mol. The maximum absolute atomic E-state index is 13.2. The van der Waals surface area contributed by atoms with Crippen LogP contribution in [0.4, 0.5) is 0 Å². The summed E-state index contributed by atoms with van der Waals surface area (Å²) in [6.45, 7) is -0.0381. The van der Waals surface area contributed by atoms with Gasteiger partial charge in [0.25, 0.3) is 0 Å². The number of hydrogen-bond acceptors (Lipinski definition) is 4. The minimum absolute atomic E-state index is 0.00936. The third kappa shape index (κ3) is 4.44. The van der Waals surface area contributed by atoms with Crippen molar-refractivity contribution < 1.29 is 24.2 Å². The molecule has 0 aromatic heterocycles. The number of ether oxygens (including phenoxy) is 2. The first-order chi connectivity index (χ1) is 13.5. The van der Waals surface area contributed by atoms with Crippen molar-refractivity contribution in [2.24, 2.45) is 0 Å². The third-order valence-electron chi connectivity index (χ3n) is 5.23. The molecule has 1 aliphatic rings. The van der Waals surface area contributed by atoms with Crippen LogP contribution in [0.25, 0.3) is 0 Å². The van der Waals surface area contributed by atoms with E-state index in [1.807, 2.05) is 30.3 Å². The standard InChI is InChI=1S/C22H25NO5/c1-27-18-8-5-7-17(13-18)22(10-2-3-11-22)21(26)23-14-16-6-4-9-19(12-16)28-15-20(24)25/h4-9,12-13H,2-3,10-11,14-15H2,1H3,(H,23,26)(H,24,25). The molecule has 0 atom stereocenters. The molecule has 1 fully saturated rings. The van der Waals surface area contributed by atoms with E-state index in [0.717, 1.165) is 42.6 Å². The molecule has 2 aromatic rings. The Hall–Kier alpha value is -3.02. The number of carboxylic acids is 1. The minimum atomic E-state index is -1.03. The summed E-state index contributed by atoms with van der Waals surface area (Å²) in [4.78, 5) is 23.8. The fraction of sp³-hybridized carbons (Fsp3) is 0.364. The zero-order valence-corrected chi connectivity index (χ0v) is 15.9. The van der Waals surface area contributed by atoms with Crippen LogP contribution in [-0.2, 0) is 21.5 Å². The molecule has 1 saturated carbocycles. The van der Waals surface area contributed by atoms with Crippen molar-refractivity contribution in [1.29, 1.82) is 0 Å². The minimum Gasteiger partial charge on any atom is -0.497 e. The van der Waals surface area contributed by atoms with Crippen molar-refractivity contribution in [3.63, 3.8) is 0 Å². The number of amides is 1. The van der Waals surface area contributed by atoms with E-state index >= 15 is 0 Å². The van der Waals surface area contributed by atoms with Gasteiger partial charge in [-0.25, -0.2) is 4.79 Å². The highest BCUT2D eigenvalue weighted by atomic mass is 16.5. The summed E-state index contributed by atoms with van der Waals surface area (Å²) in [5, 5.41) is 11.8. The number of aliphatic carboxylic acids is 1. The second kappa shape index (κ2) is 8.78. The molecule has 0 heterocycles. The summed E-state index contributed by atoms with van der Waals surface area (Å²) in [5.41, 5.74) is 1.31. The fourth-order valence-corrected chi connectivity index (χ4v) is 3.79. The van der Waals surface area contributed by atoms with Gasteiger partial charge >= 0.3 is 5.97 Å². The molecule has 0 bridgehead atoms. The van der Waals surface area contributed by atoms with Crippen LogP contribution in [0.3, 0.4) is 0 Å². The third-order valence-corrected chi connectivity index (χ3v) is 5.23. The molecular formula is C22H25NO5. The highest BCUT2D eigenvalue weighted by Gasteiger charge is 2.42. The van der Waals surface area contributed by atoms with E-state index in [2.05, 4.69) is 5.32 Å². The van der Waals surface area contributed by atoms with Gasteiger partial charge in [0.1, 0.15) is 11.5 Å². The van der Waals surface area contributed by atoms with Crippen LogP contribution in [0, 0.1) is 0 Å². The Balaban J connectivity index is 1.72. The molecule has 6 nitrogen and oxygen atoms in total. The summed E-state index contributed by atoms with van der Waals surface area (Å²) in [5.74, 6) is 0.202. The van der Waals surface area contributed by atoms with Crippen LogP contribution < -0.4 is 14.8 Å². The van der Waals surface area contributed by atoms with Crippen molar-refractivity contribution >= 4 is 11.9 Å². The van der Waals surface area contributed by atoms with E-state index in [9.17, 15) is 9.59 Å². The highest BCUT2D eigenvalue weighted by molar-refractivity contribution is 5.88. The monoisotopic (exact) mass is 383 g/mol. The number of carboxylic acid groups (broad SMARTS) is 1. The number of rotatable bonds is 8. The van der Waals surface area contributed by atoms with Crippen LogP contribution in [0.1, 0.15) is 36.8 Å². The van der Waals surface area contributed by atoms with Crippen molar-refractivity contribution in [2.75, 3.05) is 13.7 Å². The molecular weight excluding hydrogens is 358 g/mol. The summed E-state index contributed by atoms with van der Waals surface area (Å²) < 4.78 is 10.5. The lowest BCUT2D eigenvalue weighted by molar-refractivity contribution is -0.139. The maximum atomic E-state index is 13.2. The Morgan fingerprint density at radius 1 is 1.07 bits per heavy atom. The van der Waals surface area contributed by atoms with Gasteiger partial charge in [-0.2, -0.15) is 0 Å². The van der Waals surface area contributed by atoms with E-state index in [1.165, 1.54) is 0 Å². The van der Waals surface area contributed by atoms with E-state index in [-0.39, 0.29) is 5.91 Å². The van der Waals surface area contributed by atoms with Gasteiger partial charge in [0.05, 0.1) is 12.5 Å². The van der Waals surface area contributed by atoms with Gasteiger partial charge in [-0.3, -0.25) is 4.79 Å². The van der Waals surface area contributed by atoms with Gasteiger partial charge in [0.15, 0.2) is 6.61 Å². The predicted octanol–water partition coefficient (Wildman–Crippen LogP) is 3.29. The predicted molar refractivity (Wildman–Crippen MR) is 105 cm³/mol. The second-order valence-electron chi connectivity index (χ2n) is 7.03. The number of nitrogens with one attached hydrogen (secondary N) is 1. The quantitative estimate of drug-likeness (QED) is 0.731. The van der Waals surface area contributed by atoms with E-state index in [4.69, 9.17) is 14.6 Å². The number of carbonyl (C=O) groups excluding carboxylic acids is 1. The van der Waals surface area contributed by atoms with Crippen LogP contribution in [0.5, 0.6) is 11.5 Å². The largest absolute Gasteiger partial charge is 0.497 e. The molecule has 0 unspecified atom stereocenters. The SMILES string of the molecule is COc1cccc(C2(C(=O)NCc3cccc(OCC(=O)O)c3)CCCC2)c1. The summed E-state index contributed by atoms with van der Waals surface area (Å²) >= 11 is 0. The van der Waals surface area contributed by atoms with E-state index in [1.54, 1.807) is 25.3 Å². The van der Waals surface area contributed by atoms with Gasteiger partial charge in [0.2, 0.25) is 5.91 Å². The first kappa shape index (κ1) is 19.7. The molecule has 0 saturated heterocycles. The Bertz CT molecular complexity index is 842. The summed E-state index contributed by atoms with van der Waals surface area (Å²) in [6.07, 6.45) is 3.66. The Morgan fingerprint density at radius 3 is 2.50 bits per heavy atom. The van der Waals surface area contributed by atoms with Gasteiger partial charge in [-0.1, -0.05) is 37.1 Å². The number of hydrogen-bond donors (Lipinski definition) is 2. The molecule has 2 aromatic carbocycles. The molecule has 2 N–H and O–H groups in total. The molecule has 28 heavy (non-hydrogen) atoms. The maximum Gasteiger partial charge on any atom is 0.341 e. The Morgan fingerprint density at radius 2 is 1.79 bits per heavy atom. The average Bonchev–Trinajstić information content (AvgIpc) is 3.22. The van der Waals surface area contributed by atoms with Crippen LogP contribution >= 0.6 is 0 Å². The molecule has 0 radical (unpaired) electrons. The normalized spacial score (nSPS) is 15.0. The zero-order valence-electron chi connectivity index (χ0n) is 15.9. The van der Waals surface area contributed by atoms with Gasteiger partial charge in [0, 0.05) is 6.54 Å². The number of carbonyl (C=O) groups is 2. The smallest absolute Gasteiger partial charge is 0.341 e. The second-order valence-corrected chi connectivity index (χ2v) is 7.03. The topological polar surface area (TPSA) is 84.9 Å². The van der Waals surface area contributed by atoms with Gasteiger partial charge in [-0.05, 0) is 48.2 Å². The van der Waals surface area contributed by atoms with Gasteiger partial charge < -0.3 is 19.9 Å².